The fourth-order valence-corrected chi connectivity index (χ4v) is 1.80. The van der Waals surface area contributed by atoms with E-state index in [9.17, 15) is 5.11 Å². The van der Waals surface area contributed by atoms with Gasteiger partial charge in [-0.1, -0.05) is 6.92 Å². The molecule has 0 aromatic carbocycles. The molecule has 0 bridgehead atoms. The molecule has 78 valence electrons. The first-order valence-electron chi connectivity index (χ1n) is 5.04. The highest BCUT2D eigenvalue weighted by atomic mass is 35.5. The van der Waals surface area contributed by atoms with Crippen LogP contribution < -0.4 is 0 Å². The van der Waals surface area contributed by atoms with Crippen LogP contribution in [0.1, 0.15) is 26.7 Å². The van der Waals surface area contributed by atoms with E-state index in [-0.39, 0.29) is 0 Å². The topological polar surface area (TPSA) is 23.5 Å². The summed E-state index contributed by atoms with van der Waals surface area (Å²) in [6.45, 7) is 7.18. The van der Waals surface area contributed by atoms with Gasteiger partial charge in [0.25, 0.3) is 0 Å². The van der Waals surface area contributed by atoms with Crippen molar-refractivity contribution < 1.29 is 5.11 Å². The maximum absolute atomic E-state index is 9.73. The SMILES string of the molecule is CC(CCl)CN1CCC(C)(O)CC1. The number of hydrogen-bond acceptors (Lipinski definition) is 2. The highest BCUT2D eigenvalue weighted by molar-refractivity contribution is 6.18. The van der Waals surface area contributed by atoms with Crippen molar-refractivity contribution in [3.63, 3.8) is 0 Å². The van der Waals surface area contributed by atoms with Crippen molar-refractivity contribution >= 4 is 11.6 Å². The summed E-state index contributed by atoms with van der Waals surface area (Å²) in [5.41, 5.74) is -0.430. The summed E-state index contributed by atoms with van der Waals surface area (Å²) in [7, 11) is 0. The Hall–Kier alpha value is 0.210. The summed E-state index contributed by atoms with van der Waals surface area (Å²) in [6.07, 6.45) is 1.78. The number of nitrogens with zero attached hydrogens (tertiary/aromatic N) is 1. The Bertz CT molecular complexity index is 151. The molecule has 1 N–H and O–H groups in total. The van der Waals surface area contributed by atoms with Gasteiger partial charge in [-0.3, -0.25) is 0 Å². The summed E-state index contributed by atoms with van der Waals surface area (Å²) < 4.78 is 0. The van der Waals surface area contributed by atoms with Crippen LogP contribution in [0.25, 0.3) is 0 Å². The Balaban J connectivity index is 2.25. The van der Waals surface area contributed by atoms with Gasteiger partial charge in [-0.15, -0.1) is 11.6 Å². The van der Waals surface area contributed by atoms with Gasteiger partial charge in [0.05, 0.1) is 5.60 Å². The van der Waals surface area contributed by atoms with Crippen molar-refractivity contribution in [2.75, 3.05) is 25.5 Å². The lowest BCUT2D eigenvalue weighted by Gasteiger charge is -2.36. The van der Waals surface area contributed by atoms with Crippen LogP contribution in [0, 0.1) is 5.92 Å². The molecular formula is C10H20ClNO. The fourth-order valence-electron chi connectivity index (χ4n) is 1.71. The van der Waals surface area contributed by atoms with Crippen molar-refractivity contribution in [1.82, 2.24) is 4.90 Å². The van der Waals surface area contributed by atoms with Gasteiger partial charge in [0.15, 0.2) is 0 Å². The van der Waals surface area contributed by atoms with E-state index in [0.717, 1.165) is 38.4 Å². The lowest BCUT2D eigenvalue weighted by molar-refractivity contribution is -0.00759. The molecule has 0 saturated carbocycles. The maximum Gasteiger partial charge on any atom is 0.0644 e. The van der Waals surface area contributed by atoms with Crippen molar-refractivity contribution in [3.05, 3.63) is 0 Å². The fraction of sp³-hybridized carbons (Fsp3) is 1.00. The van der Waals surface area contributed by atoms with Crippen molar-refractivity contribution in [2.45, 2.75) is 32.3 Å². The number of aliphatic hydroxyl groups is 1. The second-order valence-corrected chi connectivity index (χ2v) is 4.87. The lowest BCUT2D eigenvalue weighted by Crippen LogP contribution is -2.44. The average molecular weight is 206 g/mol. The van der Waals surface area contributed by atoms with Gasteiger partial charge in [-0.05, 0) is 25.7 Å². The van der Waals surface area contributed by atoms with Crippen LogP contribution >= 0.6 is 11.6 Å². The van der Waals surface area contributed by atoms with E-state index in [1.165, 1.54) is 0 Å². The molecule has 3 heteroatoms. The first-order chi connectivity index (χ1) is 6.03. The van der Waals surface area contributed by atoms with Crippen LogP contribution in [0.4, 0.5) is 0 Å². The molecule has 13 heavy (non-hydrogen) atoms. The van der Waals surface area contributed by atoms with Gasteiger partial charge in [0.1, 0.15) is 0 Å². The second kappa shape index (κ2) is 4.63. The molecule has 0 aromatic heterocycles. The highest BCUT2D eigenvalue weighted by Crippen LogP contribution is 2.21. The Morgan fingerprint density at radius 2 is 2.00 bits per heavy atom. The largest absolute Gasteiger partial charge is 0.390 e. The molecule has 0 aliphatic carbocycles. The van der Waals surface area contributed by atoms with E-state index in [4.69, 9.17) is 11.6 Å². The molecule has 1 aliphatic rings. The number of alkyl halides is 1. The lowest BCUT2D eigenvalue weighted by atomic mass is 9.93. The highest BCUT2D eigenvalue weighted by Gasteiger charge is 2.27. The minimum atomic E-state index is -0.430. The van der Waals surface area contributed by atoms with Crippen LogP contribution in [0.3, 0.4) is 0 Å². The van der Waals surface area contributed by atoms with Gasteiger partial charge in [0, 0.05) is 25.5 Å². The van der Waals surface area contributed by atoms with Crippen LogP contribution in [0.15, 0.2) is 0 Å². The molecule has 0 spiro atoms. The first kappa shape index (κ1) is 11.3. The third-order valence-electron chi connectivity index (χ3n) is 2.77. The molecule has 1 heterocycles. The molecule has 1 fully saturated rings. The molecule has 0 radical (unpaired) electrons. The molecule has 2 nitrogen and oxygen atoms in total. The van der Waals surface area contributed by atoms with Gasteiger partial charge in [-0.25, -0.2) is 0 Å². The molecular weight excluding hydrogens is 186 g/mol. The number of rotatable bonds is 3. The van der Waals surface area contributed by atoms with Gasteiger partial charge in [0.2, 0.25) is 0 Å². The molecule has 1 aliphatic heterocycles. The quantitative estimate of drug-likeness (QED) is 0.710. The molecule has 1 saturated heterocycles. The minimum Gasteiger partial charge on any atom is -0.390 e. The molecule has 1 rings (SSSR count). The first-order valence-corrected chi connectivity index (χ1v) is 5.58. The monoisotopic (exact) mass is 205 g/mol. The third-order valence-corrected chi connectivity index (χ3v) is 3.29. The predicted molar refractivity (Wildman–Crippen MR) is 56.2 cm³/mol. The number of piperidine rings is 1. The van der Waals surface area contributed by atoms with Crippen LogP contribution in [0.2, 0.25) is 0 Å². The van der Waals surface area contributed by atoms with Crippen molar-refractivity contribution in [3.8, 4) is 0 Å². The van der Waals surface area contributed by atoms with Crippen molar-refractivity contribution in [2.24, 2.45) is 5.92 Å². The number of halogens is 1. The predicted octanol–water partition coefficient (Wildman–Crippen LogP) is 1.71. The Morgan fingerprint density at radius 3 is 2.46 bits per heavy atom. The third kappa shape index (κ3) is 3.84. The summed E-state index contributed by atoms with van der Waals surface area (Å²) >= 11 is 5.75. The summed E-state index contributed by atoms with van der Waals surface area (Å²) in [6, 6.07) is 0. The van der Waals surface area contributed by atoms with E-state index >= 15 is 0 Å². The van der Waals surface area contributed by atoms with E-state index in [1.54, 1.807) is 0 Å². The van der Waals surface area contributed by atoms with Crippen LogP contribution in [-0.2, 0) is 0 Å². The van der Waals surface area contributed by atoms with Crippen LogP contribution in [-0.4, -0.2) is 41.1 Å². The summed E-state index contributed by atoms with van der Waals surface area (Å²) in [4.78, 5) is 2.39. The van der Waals surface area contributed by atoms with Gasteiger partial charge < -0.3 is 10.0 Å². The van der Waals surface area contributed by atoms with E-state index in [1.807, 2.05) is 6.92 Å². The Labute approximate surface area is 85.9 Å². The zero-order valence-electron chi connectivity index (χ0n) is 8.59. The van der Waals surface area contributed by atoms with Gasteiger partial charge in [-0.2, -0.15) is 0 Å². The number of hydrogen-bond donors (Lipinski definition) is 1. The van der Waals surface area contributed by atoms with E-state index in [2.05, 4.69) is 11.8 Å². The molecule has 1 unspecified atom stereocenters. The van der Waals surface area contributed by atoms with E-state index < -0.39 is 5.60 Å². The zero-order chi connectivity index (χ0) is 9.90. The number of likely N-dealkylation sites (tertiary alicyclic amines) is 1. The summed E-state index contributed by atoms with van der Waals surface area (Å²) in [5, 5.41) is 9.73. The Kier molecular flexibility index (Phi) is 4.02. The Morgan fingerprint density at radius 1 is 1.46 bits per heavy atom. The van der Waals surface area contributed by atoms with Crippen molar-refractivity contribution in [1.29, 1.82) is 0 Å². The maximum atomic E-state index is 9.73. The van der Waals surface area contributed by atoms with Gasteiger partial charge >= 0.3 is 0 Å². The minimum absolute atomic E-state index is 0.430. The second-order valence-electron chi connectivity index (χ2n) is 4.56. The smallest absolute Gasteiger partial charge is 0.0644 e. The normalized spacial score (nSPS) is 25.8. The average Bonchev–Trinajstić information content (AvgIpc) is 2.08. The standard InChI is InChI=1S/C10H20ClNO/c1-9(7-11)8-12-5-3-10(2,13)4-6-12/h9,13H,3-8H2,1-2H3. The zero-order valence-corrected chi connectivity index (χ0v) is 9.35. The molecule has 0 amide bonds. The summed E-state index contributed by atoms with van der Waals surface area (Å²) in [5.74, 6) is 1.29. The molecule has 0 aromatic rings. The molecule has 1 atom stereocenters. The van der Waals surface area contributed by atoms with Crippen LogP contribution in [0.5, 0.6) is 0 Å². The van der Waals surface area contributed by atoms with E-state index in [0.29, 0.717) is 5.92 Å².